The van der Waals surface area contributed by atoms with E-state index in [9.17, 15) is 0 Å². The van der Waals surface area contributed by atoms with Crippen LogP contribution >= 0.6 is 0 Å². The maximum atomic E-state index is 5.84. The van der Waals surface area contributed by atoms with Crippen molar-refractivity contribution in [1.82, 2.24) is 5.32 Å². The molecule has 0 radical (unpaired) electrons. The molecule has 3 heteroatoms. The van der Waals surface area contributed by atoms with Crippen LogP contribution < -0.4 is 5.32 Å². The van der Waals surface area contributed by atoms with Gasteiger partial charge in [0, 0.05) is 12.6 Å². The fraction of sp³-hybridized carbons (Fsp3) is 1.00. The molecule has 1 aliphatic carbocycles. The lowest BCUT2D eigenvalue weighted by atomic mass is 9.93. The number of hydrogen-bond donors (Lipinski definition) is 1. The minimum atomic E-state index is 0.472. The monoisotopic (exact) mass is 243 g/mol. The molecule has 0 aromatic rings. The number of ether oxygens (including phenoxy) is 2. The van der Waals surface area contributed by atoms with Gasteiger partial charge in [-0.15, -0.1) is 0 Å². The normalized spacial score (nSPS) is 25.1. The standard InChI is InChI=1S/C14H29NO2/c1-3-5-10-16-11-12-17-14-8-6-13(7-9-14)15-4-2/h13-15H,3-12H2,1-2H3. The van der Waals surface area contributed by atoms with Crippen molar-refractivity contribution in [2.24, 2.45) is 0 Å². The van der Waals surface area contributed by atoms with E-state index in [4.69, 9.17) is 9.47 Å². The smallest absolute Gasteiger partial charge is 0.0704 e. The summed E-state index contributed by atoms with van der Waals surface area (Å²) in [6, 6.07) is 0.723. The summed E-state index contributed by atoms with van der Waals surface area (Å²) in [5, 5.41) is 3.52. The molecule has 1 saturated carbocycles. The van der Waals surface area contributed by atoms with Gasteiger partial charge in [0.05, 0.1) is 19.3 Å². The Morgan fingerprint density at radius 1 is 1.00 bits per heavy atom. The molecule has 1 fully saturated rings. The summed E-state index contributed by atoms with van der Waals surface area (Å²) in [6.07, 6.45) is 7.76. The molecule has 1 rings (SSSR count). The fourth-order valence-corrected chi connectivity index (χ4v) is 2.34. The van der Waals surface area contributed by atoms with Crippen LogP contribution in [0.3, 0.4) is 0 Å². The molecule has 0 saturated heterocycles. The largest absolute Gasteiger partial charge is 0.379 e. The quantitative estimate of drug-likeness (QED) is 0.632. The van der Waals surface area contributed by atoms with Crippen molar-refractivity contribution in [2.45, 2.75) is 64.5 Å². The minimum Gasteiger partial charge on any atom is -0.379 e. The van der Waals surface area contributed by atoms with Gasteiger partial charge in [0.15, 0.2) is 0 Å². The summed E-state index contributed by atoms with van der Waals surface area (Å²) in [7, 11) is 0. The van der Waals surface area contributed by atoms with Crippen LogP contribution in [0, 0.1) is 0 Å². The van der Waals surface area contributed by atoms with Crippen molar-refractivity contribution >= 4 is 0 Å². The van der Waals surface area contributed by atoms with Crippen LogP contribution in [0.15, 0.2) is 0 Å². The van der Waals surface area contributed by atoms with Gasteiger partial charge in [-0.25, -0.2) is 0 Å². The molecule has 0 bridgehead atoms. The molecule has 0 aromatic heterocycles. The van der Waals surface area contributed by atoms with E-state index in [0.717, 1.165) is 38.8 Å². The van der Waals surface area contributed by atoms with Gasteiger partial charge >= 0.3 is 0 Å². The summed E-state index contributed by atoms with van der Waals surface area (Å²) >= 11 is 0. The predicted octanol–water partition coefficient (Wildman–Crippen LogP) is 2.74. The minimum absolute atomic E-state index is 0.472. The van der Waals surface area contributed by atoms with Crippen molar-refractivity contribution < 1.29 is 9.47 Å². The highest BCUT2D eigenvalue weighted by atomic mass is 16.5. The Morgan fingerprint density at radius 2 is 1.76 bits per heavy atom. The first-order valence-electron chi connectivity index (χ1n) is 7.29. The third-order valence-corrected chi connectivity index (χ3v) is 3.39. The molecule has 102 valence electrons. The van der Waals surface area contributed by atoms with Crippen LogP contribution in [0.4, 0.5) is 0 Å². The van der Waals surface area contributed by atoms with Crippen molar-refractivity contribution in [3.05, 3.63) is 0 Å². The highest BCUT2D eigenvalue weighted by Gasteiger charge is 2.20. The zero-order chi connectivity index (χ0) is 12.3. The third-order valence-electron chi connectivity index (χ3n) is 3.39. The molecule has 0 spiro atoms. The van der Waals surface area contributed by atoms with Crippen molar-refractivity contribution in [3.8, 4) is 0 Å². The maximum absolute atomic E-state index is 5.84. The summed E-state index contributed by atoms with van der Waals surface area (Å²) < 4.78 is 11.3. The lowest BCUT2D eigenvalue weighted by Crippen LogP contribution is -2.35. The molecule has 0 heterocycles. The molecule has 0 unspecified atom stereocenters. The predicted molar refractivity (Wildman–Crippen MR) is 71.4 cm³/mol. The first-order chi connectivity index (χ1) is 8.36. The zero-order valence-electron chi connectivity index (χ0n) is 11.5. The number of nitrogens with one attached hydrogen (secondary N) is 1. The molecule has 0 atom stereocenters. The van der Waals surface area contributed by atoms with Gasteiger partial charge in [-0.2, -0.15) is 0 Å². The van der Waals surface area contributed by atoms with Crippen molar-refractivity contribution in [1.29, 1.82) is 0 Å². The Labute approximate surface area is 106 Å². The van der Waals surface area contributed by atoms with Gasteiger partial charge in [0.1, 0.15) is 0 Å². The first kappa shape index (κ1) is 14.9. The highest BCUT2D eigenvalue weighted by molar-refractivity contribution is 4.76. The van der Waals surface area contributed by atoms with Crippen LogP contribution in [0.1, 0.15) is 52.4 Å². The van der Waals surface area contributed by atoms with E-state index >= 15 is 0 Å². The highest BCUT2D eigenvalue weighted by Crippen LogP contribution is 2.20. The van der Waals surface area contributed by atoms with Gasteiger partial charge in [-0.1, -0.05) is 20.3 Å². The van der Waals surface area contributed by atoms with Crippen LogP contribution in [0.5, 0.6) is 0 Å². The van der Waals surface area contributed by atoms with E-state index in [1.54, 1.807) is 0 Å². The van der Waals surface area contributed by atoms with Crippen molar-refractivity contribution in [3.63, 3.8) is 0 Å². The molecule has 0 amide bonds. The van der Waals surface area contributed by atoms with Crippen LogP contribution in [0.2, 0.25) is 0 Å². The van der Waals surface area contributed by atoms with Crippen LogP contribution in [-0.4, -0.2) is 38.5 Å². The van der Waals surface area contributed by atoms with Gasteiger partial charge in [0.25, 0.3) is 0 Å². The Balaban J connectivity index is 1.91. The Kier molecular flexibility index (Phi) is 8.67. The zero-order valence-corrected chi connectivity index (χ0v) is 11.5. The maximum Gasteiger partial charge on any atom is 0.0704 e. The molecular weight excluding hydrogens is 214 g/mol. The van der Waals surface area contributed by atoms with Gasteiger partial charge in [-0.3, -0.25) is 0 Å². The average molecular weight is 243 g/mol. The van der Waals surface area contributed by atoms with Gasteiger partial charge in [0.2, 0.25) is 0 Å². The molecule has 1 aliphatic rings. The lowest BCUT2D eigenvalue weighted by Gasteiger charge is -2.28. The second-order valence-corrected chi connectivity index (χ2v) is 4.87. The van der Waals surface area contributed by atoms with Crippen LogP contribution in [-0.2, 0) is 9.47 Å². The topological polar surface area (TPSA) is 30.5 Å². The van der Waals surface area contributed by atoms with E-state index in [1.807, 2.05) is 0 Å². The summed E-state index contributed by atoms with van der Waals surface area (Å²) in [6.45, 7) is 7.85. The SMILES string of the molecule is CCCCOCCOC1CCC(NCC)CC1. The van der Waals surface area contributed by atoms with Crippen LogP contribution in [0.25, 0.3) is 0 Å². The second kappa shape index (κ2) is 9.86. The average Bonchev–Trinajstić information content (AvgIpc) is 2.36. The molecule has 1 N–H and O–H groups in total. The Bertz CT molecular complexity index is 168. The number of unbranched alkanes of at least 4 members (excludes halogenated alkanes) is 1. The number of hydrogen-bond acceptors (Lipinski definition) is 3. The van der Waals surface area contributed by atoms with E-state index in [0.29, 0.717) is 6.10 Å². The summed E-state index contributed by atoms with van der Waals surface area (Å²) in [4.78, 5) is 0. The molecular formula is C14H29NO2. The van der Waals surface area contributed by atoms with Crippen molar-refractivity contribution in [2.75, 3.05) is 26.4 Å². The molecule has 17 heavy (non-hydrogen) atoms. The summed E-state index contributed by atoms with van der Waals surface area (Å²) in [5.41, 5.74) is 0. The Morgan fingerprint density at radius 3 is 2.41 bits per heavy atom. The Hall–Kier alpha value is -0.120. The summed E-state index contributed by atoms with van der Waals surface area (Å²) in [5.74, 6) is 0. The molecule has 3 nitrogen and oxygen atoms in total. The van der Waals surface area contributed by atoms with E-state index in [-0.39, 0.29) is 0 Å². The molecule has 0 aliphatic heterocycles. The lowest BCUT2D eigenvalue weighted by molar-refractivity contribution is -0.0138. The van der Waals surface area contributed by atoms with E-state index in [2.05, 4.69) is 19.2 Å². The second-order valence-electron chi connectivity index (χ2n) is 4.87. The third kappa shape index (κ3) is 7.02. The fourth-order valence-electron chi connectivity index (χ4n) is 2.34. The van der Waals surface area contributed by atoms with E-state index in [1.165, 1.54) is 32.1 Å². The van der Waals surface area contributed by atoms with Gasteiger partial charge in [-0.05, 0) is 38.6 Å². The van der Waals surface area contributed by atoms with Gasteiger partial charge < -0.3 is 14.8 Å². The number of rotatable bonds is 9. The van der Waals surface area contributed by atoms with E-state index < -0.39 is 0 Å². The first-order valence-corrected chi connectivity index (χ1v) is 7.29. The molecule has 0 aromatic carbocycles.